The number of benzene rings is 1. The second-order valence-corrected chi connectivity index (χ2v) is 2.43. The first-order valence-electron chi connectivity index (χ1n) is 3.75. The smallest absolute Gasteiger partial charge is 0 e. The fraction of sp³-hybridized carbons (Fsp3) is 0.300. The zero-order valence-electron chi connectivity index (χ0n) is 7.46. The normalized spacial score (nSPS) is 8.08. The number of hydrogen-bond acceptors (Lipinski definition) is 0. The molecule has 63 valence electrons. The third-order valence-electron chi connectivity index (χ3n) is 1.56. The van der Waals surface area contributed by atoms with E-state index in [0.29, 0.717) is 0 Å². The molecule has 0 bridgehead atoms. The van der Waals surface area contributed by atoms with Gasteiger partial charge in [-0.3, -0.25) is 0 Å². The van der Waals surface area contributed by atoms with Gasteiger partial charge in [0, 0.05) is 19.5 Å². The Morgan fingerprint density at radius 2 is 1.75 bits per heavy atom. The Morgan fingerprint density at radius 1 is 1.17 bits per heavy atom. The number of rotatable bonds is 3. The second kappa shape index (κ2) is 9.66. The van der Waals surface area contributed by atoms with Gasteiger partial charge in [0.1, 0.15) is 0 Å². The Balaban J connectivity index is 0. The van der Waals surface area contributed by atoms with Crippen molar-refractivity contribution in [1.82, 2.24) is 0 Å². The van der Waals surface area contributed by atoms with E-state index in [1.807, 2.05) is 0 Å². The van der Waals surface area contributed by atoms with Crippen LogP contribution < -0.4 is 24.0 Å². The molecule has 0 amide bonds. The van der Waals surface area contributed by atoms with Gasteiger partial charge in [-0.05, 0) is 24.8 Å². The number of hydrogen-bond donors (Lipinski definition) is 0. The van der Waals surface area contributed by atoms with E-state index in [-0.39, 0.29) is 43.5 Å². The van der Waals surface area contributed by atoms with Crippen molar-refractivity contribution in [2.45, 2.75) is 19.8 Å². The molecule has 12 heavy (non-hydrogen) atoms. The molecule has 0 fully saturated rings. The van der Waals surface area contributed by atoms with Gasteiger partial charge in [0.25, 0.3) is 0 Å². The van der Waals surface area contributed by atoms with Gasteiger partial charge >= 0.3 is 0 Å². The first kappa shape index (κ1) is 15.1. The first-order valence-corrected chi connectivity index (χ1v) is 3.75. The summed E-state index contributed by atoms with van der Waals surface area (Å²) in [5, 5.41) is 0. The van der Waals surface area contributed by atoms with Gasteiger partial charge in [0.15, 0.2) is 0 Å². The Morgan fingerprint density at radius 3 is 2.25 bits per heavy atom. The van der Waals surface area contributed by atoms with Gasteiger partial charge in [0.2, 0.25) is 0 Å². The van der Waals surface area contributed by atoms with Crippen LogP contribution in [0.2, 0.25) is 0 Å². The van der Waals surface area contributed by atoms with Gasteiger partial charge in [-0.25, -0.2) is 0 Å². The minimum absolute atomic E-state index is 0. The van der Waals surface area contributed by atoms with Crippen LogP contribution in [0.15, 0.2) is 30.3 Å². The van der Waals surface area contributed by atoms with Crippen LogP contribution in [0.1, 0.15) is 18.9 Å². The maximum absolute atomic E-state index is 2.20. The molecular weight excluding hydrogens is 312 g/mol. The minimum atomic E-state index is 0. The standard InChI is InChI=1S/C10H13.HI.Zn/c1-2-3-7-10-8-5-4-6-9-10;;/h2,4-6,8-9H,3,7H2,1H3;1H;/p-1. The molecule has 0 aliphatic carbocycles. The van der Waals surface area contributed by atoms with Gasteiger partial charge in [0.05, 0.1) is 0 Å². The Hall–Kier alpha value is 0.573. The van der Waals surface area contributed by atoms with Crippen molar-refractivity contribution in [3.05, 3.63) is 42.3 Å². The van der Waals surface area contributed by atoms with Crippen LogP contribution in [0, 0.1) is 6.42 Å². The monoisotopic (exact) mass is 324 g/mol. The summed E-state index contributed by atoms with van der Waals surface area (Å²) >= 11 is 0. The van der Waals surface area contributed by atoms with E-state index in [9.17, 15) is 0 Å². The summed E-state index contributed by atoms with van der Waals surface area (Å²) in [6.07, 6.45) is 4.56. The van der Waals surface area contributed by atoms with Crippen LogP contribution in [-0.2, 0) is 25.9 Å². The van der Waals surface area contributed by atoms with Crippen molar-refractivity contribution >= 4 is 0 Å². The zero-order chi connectivity index (χ0) is 7.23. The Bertz CT molecular complexity index is 174. The average molecular weight is 326 g/mol. The molecule has 0 unspecified atom stereocenters. The van der Waals surface area contributed by atoms with E-state index < -0.39 is 0 Å². The number of aryl methyl sites for hydroxylation is 1. The van der Waals surface area contributed by atoms with E-state index in [0.717, 1.165) is 0 Å². The Labute approximate surface area is 105 Å². The summed E-state index contributed by atoms with van der Waals surface area (Å²) in [6.45, 7) is 2.10. The van der Waals surface area contributed by atoms with Crippen LogP contribution in [0.4, 0.5) is 0 Å². The van der Waals surface area contributed by atoms with E-state index in [1.54, 1.807) is 0 Å². The fourth-order valence-corrected chi connectivity index (χ4v) is 0.956. The topological polar surface area (TPSA) is 0 Å². The van der Waals surface area contributed by atoms with Crippen molar-refractivity contribution in [3.8, 4) is 0 Å². The van der Waals surface area contributed by atoms with Gasteiger partial charge in [-0.15, -0.1) is 0 Å². The first-order chi connectivity index (χ1) is 4.93. The van der Waals surface area contributed by atoms with Crippen LogP contribution in [0.3, 0.4) is 0 Å². The summed E-state index contributed by atoms with van der Waals surface area (Å²) < 4.78 is 0. The molecule has 0 atom stereocenters. The number of halogens is 1. The van der Waals surface area contributed by atoms with E-state index in [4.69, 9.17) is 0 Å². The summed E-state index contributed by atoms with van der Waals surface area (Å²) in [4.78, 5) is 0. The van der Waals surface area contributed by atoms with Crippen molar-refractivity contribution in [3.63, 3.8) is 0 Å². The van der Waals surface area contributed by atoms with Crippen LogP contribution in [0.5, 0.6) is 0 Å². The molecule has 0 N–H and O–H groups in total. The summed E-state index contributed by atoms with van der Waals surface area (Å²) in [6, 6.07) is 10.6. The molecule has 1 radical (unpaired) electrons. The molecule has 0 spiro atoms. The predicted octanol–water partition coefficient (Wildman–Crippen LogP) is -0.155. The minimum Gasteiger partial charge on any atom is -1.00 e. The molecule has 0 aliphatic heterocycles. The van der Waals surface area contributed by atoms with Crippen molar-refractivity contribution < 1.29 is 43.5 Å². The molecule has 0 nitrogen and oxygen atoms in total. The van der Waals surface area contributed by atoms with Crippen molar-refractivity contribution in [1.29, 1.82) is 0 Å². The second-order valence-electron chi connectivity index (χ2n) is 2.43. The average Bonchev–Trinajstić information content (AvgIpc) is 2.03. The number of unbranched alkanes of at least 4 members (excludes halogenated alkanes) is 1. The third-order valence-corrected chi connectivity index (χ3v) is 1.56. The maximum atomic E-state index is 2.20. The molecular formula is C10H13IZn-. The SMILES string of the molecule is C[CH]CCc1ccccc1.[I-].[Zn]. The van der Waals surface area contributed by atoms with Crippen LogP contribution in [0.25, 0.3) is 0 Å². The van der Waals surface area contributed by atoms with Gasteiger partial charge in [-0.1, -0.05) is 37.3 Å². The van der Waals surface area contributed by atoms with Crippen molar-refractivity contribution in [2.75, 3.05) is 0 Å². The quantitative estimate of drug-likeness (QED) is 0.535. The van der Waals surface area contributed by atoms with Crippen LogP contribution >= 0.6 is 0 Å². The molecule has 1 aromatic carbocycles. The molecule has 0 saturated heterocycles. The molecule has 0 aromatic heterocycles. The summed E-state index contributed by atoms with van der Waals surface area (Å²) in [7, 11) is 0. The van der Waals surface area contributed by atoms with Gasteiger partial charge < -0.3 is 24.0 Å². The molecule has 0 aliphatic rings. The Kier molecular flexibility index (Phi) is 12.1. The molecule has 2 heteroatoms. The van der Waals surface area contributed by atoms with Gasteiger partial charge in [-0.2, -0.15) is 0 Å². The summed E-state index contributed by atoms with van der Waals surface area (Å²) in [5.74, 6) is 0. The van der Waals surface area contributed by atoms with E-state index in [2.05, 4.69) is 43.7 Å². The zero-order valence-corrected chi connectivity index (χ0v) is 12.6. The molecule has 1 rings (SSSR count). The van der Waals surface area contributed by atoms with E-state index in [1.165, 1.54) is 18.4 Å². The molecule has 0 heterocycles. The third kappa shape index (κ3) is 6.13. The maximum Gasteiger partial charge on any atom is 0 e. The molecule has 1 aromatic rings. The molecule has 0 saturated carbocycles. The van der Waals surface area contributed by atoms with E-state index >= 15 is 0 Å². The largest absolute Gasteiger partial charge is 1.00 e. The fourth-order valence-electron chi connectivity index (χ4n) is 0.956. The summed E-state index contributed by atoms with van der Waals surface area (Å²) in [5.41, 5.74) is 1.43. The van der Waals surface area contributed by atoms with Crippen LogP contribution in [-0.4, -0.2) is 0 Å². The predicted molar refractivity (Wildman–Crippen MR) is 44.7 cm³/mol. The van der Waals surface area contributed by atoms with Crippen molar-refractivity contribution in [2.24, 2.45) is 0 Å².